The van der Waals surface area contributed by atoms with E-state index in [1.165, 1.54) is 6.33 Å². The third-order valence-corrected chi connectivity index (χ3v) is 2.15. The number of hydrogen-bond acceptors (Lipinski definition) is 6. The Bertz CT molecular complexity index is 554. The Hall–Kier alpha value is -2.63. The fourth-order valence-electron chi connectivity index (χ4n) is 1.36. The van der Waals surface area contributed by atoms with Gasteiger partial charge in [0.1, 0.15) is 6.33 Å². The fourth-order valence-corrected chi connectivity index (χ4v) is 1.36. The highest BCUT2D eigenvalue weighted by molar-refractivity contribution is 5.57. The summed E-state index contributed by atoms with van der Waals surface area (Å²) >= 11 is 0. The molecule has 0 aliphatic rings. The molecule has 0 saturated carbocycles. The third kappa shape index (κ3) is 1.87. The molecule has 0 spiro atoms. The van der Waals surface area contributed by atoms with Crippen LogP contribution in [0.25, 0.3) is 22.8 Å². The Labute approximate surface area is 96.4 Å². The summed E-state index contributed by atoms with van der Waals surface area (Å²) in [5.41, 5.74) is 1.49. The zero-order valence-electron chi connectivity index (χ0n) is 8.69. The maximum atomic E-state index is 5.14. The van der Waals surface area contributed by atoms with Gasteiger partial charge in [0.15, 0.2) is 0 Å². The molecule has 6 heteroatoms. The number of aromatic nitrogens is 5. The Morgan fingerprint density at radius 1 is 0.941 bits per heavy atom. The molecular formula is C11H7N5O. The van der Waals surface area contributed by atoms with Gasteiger partial charge >= 0.3 is 0 Å². The smallest absolute Gasteiger partial charge is 0.261 e. The van der Waals surface area contributed by atoms with Crippen LogP contribution in [0.2, 0.25) is 0 Å². The molecule has 0 aliphatic carbocycles. The van der Waals surface area contributed by atoms with Crippen LogP contribution in [-0.4, -0.2) is 25.1 Å². The van der Waals surface area contributed by atoms with E-state index in [2.05, 4.69) is 25.1 Å². The lowest BCUT2D eigenvalue weighted by Gasteiger charge is -1.90. The van der Waals surface area contributed by atoms with Crippen molar-refractivity contribution in [1.82, 2.24) is 25.1 Å². The molecule has 0 unspecified atom stereocenters. The van der Waals surface area contributed by atoms with Crippen molar-refractivity contribution >= 4 is 0 Å². The molecule has 0 amide bonds. The lowest BCUT2D eigenvalue weighted by Crippen LogP contribution is -1.83. The molecule has 0 atom stereocenters. The van der Waals surface area contributed by atoms with E-state index >= 15 is 0 Å². The highest BCUT2D eigenvalue weighted by Gasteiger charge is 2.10. The van der Waals surface area contributed by atoms with Gasteiger partial charge in [-0.05, 0) is 12.1 Å². The summed E-state index contributed by atoms with van der Waals surface area (Å²) < 4.78 is 5.14. The number of pyridine rings is 1. The van der Waals surface area contributed by atoms with Crippen LogP contribution in [0.4, 0.5) is 0 Å². The van der Waals surface area contributed by atoms with Crippen LogP contribution in [0.5, 0.6) is 0 Å². The van der Waals surface area contributed by atoms with E-state index in [0.717, 1.165) is 5.56 Å². The van der Waals surface area contributed by atoms with Crippen LogP contribution in [0.3, 0.4) is 0 Å². The topological polar surface area (TPSA) is 77.6 Å². The van der Waals surface area contributed by atoms with Crippen molar-refractivity contribution in [3.8, 4) is 22.8 Å². The van der Waals surface area contributed by atoms with Gasteiger partial charge in [0.25, 0.3) is 5.89 Å². The standard InChI is InChI=1S/C11H7N5O/c1-2-8(4-12-3-1)10-15-11(17-16-10)9-5-13-7-14-6-9/h1-7H. The Kier molecular flexibility index (Phi) is 2.31. The first kappa shape index (κ1) is 9.59. The highest BCUT2D eigenvalue weighted by Crippen LogP contribution is 2.19. The molecule has 3 heterocycles. The zero-order valence-corrected chi connectivity index (χ0v) is 8.69. The minimum absolute atomic E-state index is 0.393. The normalized spacial score (nSPS) is 10.4. The summed E-state index contributed by atoms with van der Waals surface area (Å²) in [5.74, 6) is 0.890. The third-order valence-electron chi connectivity index (χ3n) is 2.15. The molecule has 3 aromatic heterocycles. The summed E-state index contributed by atoms with van der Waals surface area (Å²) in [6.45, 7) is 0. The second kappa shape index (κ2) is 4.09. The van der Waals surface area contributed by atoms with E-state index in [9.17, 15) is 0 Å². The van der Waals surface area contributed by atoms with Crippen LogP contribution < -0.4 is 0 Å². The predicted octanol–water partition coefficient (Wildman–Crippen LogP) is 1.59. The summed E-state index contributed by atoms with van der Waals surface area (Å²) in [6.07, 6.45) is 8.05. The van der Waals surface area contributed by atoms with E-state index in [4.69, 9.17) is 4.52 Å². The number of rotatable bonds is 2. The second-order valence-electron chi connectivity index (χ2n) is 3.29. The highest BCUT2D eigenvalue weighted by atomic mass is 16.5. The van der Waals surface area contributed by atoms with Gasteiger partial charge in [0.2, 0.25) is 5.82 Å². The quantitative estimate of drug-likeness (QED) is 0.659. The largest absolute Gasteiger partial charge is 0.333 e. The fraction of sp³-hybridized carbons (Fsp3) is 0. The maximum absolute atomic E-state index is 5.14. The molecule has 0 bridgehead atoms. The van der Waals surface area contributed by atoms with E-state index in [-0.39, 0.29) is 0 Å². The van der Waals surface area contributed by atoms with Crippen molar-refractivity contribution in [3.63, 3.8) is 0 Å². The van der Waals surface area contributed by atoms with Gasteiger partial charge in [-0.2, -0.15) is 4.98 Å². The van der Waals surface area contributed by atoms with E-state index < -0.39 is 0 Å². The average molecular weight is 225 g/mol. The number of nitrogens with zero attached hydrogens (tertiary/aromatic N) is 5. The molecule has 82 valence electrons. The van der Waals surface area contributed by atoms with Crippen LogP contribution in [0.1, 0.15) is 0 Å². The van der Waals surface area contributed by atoms with Gasteiger partial charge in [0, 0.05) is 30.4 Å². The van der Waals surface area contributed by atoms with Crippen molar-refractivity contribution in [2.45, 2.75) is 0 Å². The van der Waals surface area contributed by atoms with E-state index in [1.807, 2.05) is 12.1 Å². The lowest BCUT2D eigenvalue weighted by atomic mass is 10.3. The summed E-state index contributed by atoms with van der Waals surface area (Å²) in [7, 11) is 0. The first-order valence-electron chi connectivity index (χ1n) is 4.93. The first-order valence-corrected chi connectivity index (χ1v) is 4.93. The van der Waals surface area contributed by atoms with Gasteiger partial charge in [-0.15, -0.1) is 0 Å². The maximum Gasteiger partial charge on any atom is 0.261 e. The lowest BCUT2D eigenvalue weighted by molar-refractivity contribution is 0.432. The Morgan fingerprint density at radius 3 is 2.53 bits per heavy atom. The minimum atomic E-state index is 0.393. The molecule has 3 aromatic rings. The molecule has 0 saturated heterocycles. The molecular weight excluding hydrogens is 218 g/mol. The Morgan fingerprint density at radius 2 is 1.76 bits per heavy atom. The zero-order chi connectivity index (χ0) is 11.5. The first-order chi connectivity index (χ1) is 8.43. The molecule has 0 N–H and O–H groups in total. The van der Waals surface area contributed by atoms with Gasteiger partial charge in [-0.1, -0.05) is 5.16 Å². The molecule has 0 fully saturated rings. The van der Waals surface area contributed by atoms with Gasteiger partial charge < -0.3 is 4.52 Å². The van der Waals surface area contributed by atoms with Crippen LogP contribution in [0, 0.1) is 0 Å². The van der Waals surface area contributed by atoms with Crippen molar-refractivity contribution in [1.29, 1.82) is 0 Å². The van der Waals surface area contributed by atoms with Crippen LogP contribution >= 0.6 is 0 Å². The number of hydrogen-bond donors (Lipinski definition) is 0. The van der Waals surface area contributed by atoms with Crippen LogP contribution in [-0.2, 0) is 0 Å². The van der Waals surface area contributed by atoms with E-state index in [0.29, 0.717) is 17.3 Å². The second-order valence-corrected chi connectivity index (χ2v) is 3.29. The van der Waals surface area contributed by atoms with Gasteiger partial charge in [0.05, 0.1) is 5.56 Å². The van der Waals surface area contributed by atoms with E-state index in [1.54, 1.807) is 24.8 Å². The van der Waals surface area contributed by atoms with Crippen molar-refractivity contribution < 1.29 is 4.52 Å². The molecule has 6 nitrogen and oxygen atoms in total. The Balaban J connectivity index is 1.99. The summed E-state index contributed by atoms with van der Waals surface area (Å²) in [5, 5.41) is 3.88. The van der Waals surface area contributed by atoms with Crippen molar-refractivity contribution in [2.75, 3.05) is 0 Å². The molecule has 0 aliphatic heterocycles. The minimum Gasteiger partial charge on any atom is -0.333 e. The summed E-state index contributed by atoms with van der Waals surface area (Å²) in [6, 6.07) is 3.68. The SMILES string of the molecule is c1cncc(-c2noc(-c3cncnc3)n2)c1. The molecule has 0 aromatic carbocycles. The van der Waals surface area contributed by atoms with Gasteiger partial charge in [-0.3, -0.25) is 4.98 Å². The van der Waals surface area contributed by atoms with Crippen molar-refractivity contribution in [2.24, 2.45) is 0 Å². The summed E-state index contributed by atoms with van der Waals surface area (Å²) in [4.78, 5) is 16.0. The average Bonchev–Trinajstić information content (AvgIpc) is 2.90. The monoisotopic (exact) mass is 225 g/mol. The molecule has 3 rings (SSSR count). The molecule has 0 radical (unpaired) electrons. The predicted molar refractivity (Wildman–Crippen MR) is 58.6 cm³/mol. The van der Waals surface area contributed by atoms with Crippen LogP contribution in [0.15, 0.2) is 47.8 Å². The van der Waals surface area contributed by atoms with Crippen molar-refractivity contribution in [3.05, 3.63) is 43.2 Å². The molecule has 17 heavy (non-hydrogen) atoms. The van der Waals surface area contributed by atoms with Gasteiger partial charge in [-0.25, -0.2) is 9.97 Å².